The minimum atomic E-state index is -0.822. The first kappa shape index (κ1) is 17.5. The van der Waals surface area contributed by atoms with Crippen molar-refractivity contribution in [3.05, 3.63) is 58.6 Å². The smallest absolute Gasteiger partial charge is 0.420 e. The Morgan fingerprint density at radius 2 is 1.92 bits per heavy atom. The maximum absolute atomic E-state index is 12.6. The van der Waals surface area contributed by atoms with Crippen LogP contribution >= 0.6 is 0 Å². The fraction of sp³-hybridized carbons (Fsp3) is 0.211. The quantitative estimate of drug-likeness (QED) is 0.711. The van der Waals surface area contributed by atoms with Crippen LogP contribution in [0.2, 0.25) is 0 Å². The van der Waals surface area contributed by atoms with E-state index in [1.54, 1.807) is 43.3 Å². The lowest BCUT2D eigenvalue weighted by Gasteiger charge is -2.15. The largest absolute Gasteiger partial charge is 0.495 e. The van der Waals surface area contributed by atoms with Gasteiger partial charge in [-0.15, -0.1) is 0 Å². The molecule has 0 aliphatic heterocycles. The van der Waals surface area contributed by atoms with Gasteiger partial charge in [0.25, 0.3) is 0 Å². The minimum absolute atomic E-state index is 0.135. The summed E-state index contributed by atoms with van der Waals surface area (Å²) in [5.74, 6) is -0.675. The van der Waals surface area contributed by atoms with Crippen LogP contribution in [-0.2, 0) is 4.79 Å². The average molecular weight is 354 g/mol. The number of fused-ring (bicyclic) bond motifs is 1. The average Bonchev–Trinajstić information content (AvgIpc) is 2.96. The number of ketones is 1. The van der Waals surface area contributed by atoms with E-state index in [-0.39, 0.29) is 11.4 Å². The second-order valence-electron chi connectivity index (χ2n) is 5.84. The minimum Gasteiger partial charge on any atom is -0.495 e. The van der Waals surface area contributed by atoms with Crippen molar-refractivity contribution < 1.29 is 18.7 Å². The molecule has 1 unspecified atom stereocenters. The summed E-state index contributed by atoms with van der Waals surface area (Å²) >= 11 is 0. The number of ether oxygens (including phenoxy) is 1. The molecule has 0 radical (unpaired) electrons. The van der Waals surface area contributed by atoms with E-state index in [1.807, 2.05) is 0 Å². The molecule has 0 aliphatic carbocycles. The Morgan fingerprint density at radius 1 is 1.19 bits per heavy atom. The summed E-state index contributed by atoms with van der Waals surface area (Å²) in [7, 11) is 1.51. The van der Waals surface area contributed by atoms with Crippen LogP contribution in [0.15, 0.2) is 51.7 Å². The molecule has 3 aromatic rings. The molecule has 26 heavy (non-hydrogen) atoms. The summed E-state index contributed by atoms with van der Waals surface area (Å²) in [6.45, 7) is 3.03. The Bertz CT molecular complexity index is 1050. The summed E-state index contributed by atoms with van der Waals surface area (Å²) in [5.41, 5.74) is 1.65. The zero-order valence-electron chi connectivity index (χ0n) is 14.6. The number of nitrogens with zero attached hydrogens (tertiary/aromatic N) is 1. The molecule has 0 fully saturated rings. The molecule has 7 nitrogen and oxygen atoms in total. The van der Waals surface area contributed by atoms with Crippen LogP contribution in [0.3, 0.4) is 0 Å². The van der Waals surface area contributed by atoms with Gasteiger partial charge in [0.1, 0.15) is 11.8 Å². The highest BCUT2D eigenvalue weighted by Gasteiger charge is 2.22. The van der Waals surface area contributed by atoms with E-state index in [9.17, 15) is 14.4 Å². The van der Waals surface area contributed by atoms with Crippen molar-refractivity contribution in [2.24, 2.45) is 0 Å². The SMILES string of the molecule is COc1ccccc1NC(=O)C(C)n1c(=O)oc2cc(C(C)=O)ccc21. The van der Waals surface area contributed by atoms with Crippen molar-refractivity contribution in [3.63, 3.8) is 0 Å². The number of anilines is 1. The number of benzene rings is 2. The number of para-hydroxylation sites is 2. The summed E-state index contributed by atoms with van der Waals surface area (Å²) < 4.78 is 11.7. The predicted molar refractivity (Wildman–Crippen MR) is 96.8 cm³/mol. The number of methoxy groups -OCH3 is 1. The molecule has 7 heteroatoms. The van der Waals surface area contributed by atoms with E-state index in [0.717, 1.165) is 0 Å². The van der Waals surface area contributed by atoms with Crippen molar-refractivity contribution in [1.29, 1.82) is 0 Å². The predicted octanol–water partition coefficient (Wildman–Crippen LogP) is 3.01. The number of nitrogens with one attached hydrogen (secondary N) is 1. The molecular weight excluding hydrogens is 336 g/mol. The number of hydrogen-bond acceptors (Lipinski definition) is 5. The van der Waals surface area contributed by atoms with E-state index >= 15 is 0 Å². The van der Waals surface area contributed by atoms with Crippen LogP contribution in [0, 0.1) is 0 Å². The van der Waals surface area contributed by atoms with Gasteiger partial charge in [0, 0.05) is 5.56 Å². The lowest BCUT2D eigenvalue weighted by atomic mass is 10.1. The highest BCUT2D eigenvalue weighted by Crippen LogP contribution is 2.25. The number of rotatable bonds is 5. The Labute approximate surface area is 149 Å². The van der Waals surface area contributed by atoms with Crippen molar-refractivity contribution in [2.45, 2.75) is 19.9 Å². The number of hydrogen-bond donors (Lipinski definition) is 1. The van der Waals surface area contributed by atoms with Gasteiger partial charge in [-0.1, -0.05) is 12.1 Å². The molecule has 1 aromatic heterocycles. The van der Waals surface area contributed by atoms with E-state index in [1.165, 1.54) is 24.7 Å². The first-order chi connectivity index (χ1) is 12.4. The Morgan fingerprint density at radius 3 is 2.62 bits per heavy atom. The zero-order chi connectivity index (χ0) is 18.8. The molecule has 0 bridgehead atoms. The van der Waals surface area contributed by atoms with E-state index in [2.05, 4.69) is 5.32 Å². The van der Waals surface area contributed by atoms with Crippen molar-refractivity contribution in [3.8, 4) is 5.75 Å². The molecular formula is C19H18N2O5. The fourth-order valence-corrected chi connectivity index (χ4v) is 2.72. The van der Waals surface area contributed by atoms with Gasteiger partial charge in [0.2, 0.25) is 5.91 Å². The number of aromatic nitrogens is 1. The summed E-state index contributed by atoms with van der Waals surface area (Å²) in [6, 6.07) is 10.9. The Hall–Kier alpha value is -3.35. The van der Waals surface area contributed by atoms with Crippen LogP contribution in [0.5, 0.6) is 5.75 Å². The van der Waals surface area contributed by atoms with Crippen LogP contribution in [0.4, 0.5) is 5.69 Å². The van der Waals surface area contributed by atoms with Crippen LogP contribution < -0.4 is 15.8 Å². The number of amides is 1. The normalized spacial score (nSPS) is 12.0. The second kappa shape index (κ2) is 6.87. The maximum atomic E-state index is 12.6. The molecule has 1 N–H and O–H groups in total. The van der Waals surface area contributed by atoms with Gasteiger partial charge in [-0.05, 0) is 44.2 Å². The van der Waals surface area contributed by atoms with Crippen LogP contribution in [-0.4, -0.2) is 23.4 Å². The third-order valence-electron chi connectivity index (χ3n) is 4.15. The molecule has 0 saturated carbocycles. The van der Waals surface area contributed by atoms with Gasteiger partial charge in [-0.25, -0.2) is 4.79 Å². The van der Waals surface area contributed by atoms with Gasteiger partial charge in [-0.3, -0.25) is 14.2 Å². The van der Waals surface area contributed by atoms with Crippen molar-refractivity contribution in [1.82, 2.24) is 4.57 Å². The standard InChI is InChI=1S/C19H18N2O5/c1-11(18(23)20-14-6-4-5-7-16(14)25-3)21-15-9-8-13(12(2)22)10-17(15)26-19(21)24/h4-11H,1-3H3,(H,20,23). The van der Waals surface area contributed by atoms with Gasteiger partial charge in [0.05, 0.1) is 18.3 Å². The van der Waals surface area contributed by atoms with E-state index < -0.39 is 17.7 Å². The summed E-state index contributed by atoms with van der Waals surface area (Å²) in [4.78, 5) is 36.4. The fourth-order valence-electron chi connectivity index (χ4n) is 2.72. The van der Waals surface area contributed by atoms with Crippen molar-refractivity contribution in [2.75, 3.05) is 12.4 Å². The maximum Gasteiger partial charge on any atom is 0.420 e. The molecule has 1 heterocycles. The monoisotopic (exact) mass is 354 g/mol. The topological polar surface area (TPSA) is 90.5 Å². The second-order valence-corrected chi connectivity index (χ2v) is 5.84. The van der Waals surface area contributed by atoms with Gasteiger partial charge >= 0.3 is 5.76 Å². The van der Waals surface area contributed by atoms with Gasteiger partial charge in [-0.2, -0.15) is 0 Å². The third-order valence-corrected chi connectivity index (χ3v) is 4.15. The van der Waals surface area contributed by atoms with E-state index in [4.69, 9.17) is 9.15 Å². The molecule has 134 valence electrons. The number of Topliss-reactive ketones (excluding diaryl/α,β-unsaturated/α-hetero) is 1. The Kier molecular flexibility index (Phi) is 4.62. The number of carbonyl (C=O) groups excluding carboxylic acids is 2. The highest BCUT2D eigenvalue weighted by atomic mass is 16.5. The lowest BCUT2D eigenvalue weighted by Crippen LogP contribution is -2.29. The van der Waals surface area contributed by atoms with Crippen molar-refractivity contribution >= 4 is 28.5 Å². The molecule has 2 aromatic carbocycles. The lowest BCUT2D eigenvalue weighted by molar-refractivity contribution is -0.118. The highest BCUT2D eigenvalue weighted by molar-refractivity contribution is 5.98. The molecule has 1 amide bonds. The summed E-state index contributed by atoms with van der Waals surface area (Å²) in [6.07, 6.45) is 0. The summed E-state index contributed by atoms with van der Waals surface area (Å²) in [5, 5.41) is 2.75. The van der Waals surface area contributed by atoms with Gasteiger partial charge < -0.3 is 14.5 Å². The molecule has 1 atom stereocenters. The zero-order valence-corrected chi connectivity index (χ0v) is 14.6. The first-order valence-corrected chi connectivity index (χ1v) is 8.02. The number of oxazole rings is 1. The molecule has 0 spiro atoms. The van der Waals surface area contributed by atoms with Gasteiger partial charge in [0.15, 0.2) is 11.4 Å². The first-order valence-electron chi connectivity index (χ1n) is 8.02. The molecule has 3 rings (SSSR count). The third kappa shape index (κ3) is 3.11. The molecule has 0 saturated heterocycles. The molecule has 0 aliphatic rings. The van der Waals surface area contributed by atoms with E-state index in [0.29, 0.717) is 22.5 Å². The van der Waals surface area contributed by atoms with Crippen LogP contribution in [0.25, 0.3) is 11.1 Å². The number of carbonyl (C=O) groups is 2. The Balaban J connectivity index is 1.95. The van der Waals surface area contributed by atoms with Crippen LogP contribution in [0.1, 0.15) is 30.2 Å².